The number of hydrogen-bond acceptors (Lipinski definition) is 7. The molecule has 8 heteroatoms. The van der Waals surface area contributed by atoms with Gasteiger partial charge in [0.05, 0.1) is 25.5 Å². The number of anilines is 1. The van der Waals surface area contributed by atoms with Gasteiger partial charge in [-0.3, -0.25) is 9.69 Å². The van der Waals surface area contributed by atoms with Crippen molar-refractivity contribution in [3.8, 4) is 11.5 Å². The van der Waals surface area contributed by atoms with Crippen molar-refractivity contribution < 1.29 is 23.8 Å². The number of thiazole rings is 1. The quantitative estimate of drug-likeness (QED) is 0.454. The number of aryl methyl sites for hydroxylation is 1. The Kier molecular flexibility index (Phi) is 6.70. The van der Waals surface area contributed by atoms with E-state index in [1.165, 1.54) is 11.3 Å². The van der Waals surface area contributed by atoms with Gasteiger partial charge in [0.25, 0.3) is 5.91 Å². The number of hydrogen-bond donors (Lipinski definition) is 0. The minimum atomic E-state index is -0.393. The highest BCUT2D eigenvalue weighted by atomic mass is 32.1. The Labute approximate surface area is 190 Å². The molecule has 0 saturated heterocycles. The first-order valence-electron chi connectivity index (χ1n) is 10.4. The monoisotopic (exact) mass is 452 g/mol. The van der Waals surface area contributed by atoms with Crippen molar-refractivity contribution in [2.24, 2.45) is 0 Å². The third-order valence-electron chi connectivity index (χ3n) is 4.97. The Morgan fingerprint density at radius 3 is 2.81 bits per heavy atom. The van der Waals surface area contributed by atoms with Crippen molar-refractivity contribution in [1.29, 1.82) is 0 Å². The topological polar surface area (TPSA) is 78.0 Å². The predicted octanol–water partition coefficient (Wildman–Crippen LogP) is 4.18. The molecule has 0 aliphatic carbocycles. The summed E-state index contributed by atoms with van der Waals surface area (Å²) in [5.74, 6) is 0.874. The van der Waals surface area contributed by atoms with Crippen LogP contribution in [0.15, 0.2) is 47.8 Å². The summed E-state index contributed by atoms with van der Waals surface area (Å²) in [6.45, 7) is 4.78. The first-order valence-corrected chi connectivity index (χ1v) is 11.3. The average molecular weight is 453 g/mol. The van der Waals surface area contributed by atoms with Crippen molar-refractivity contribution >= 4 is 28.3 Å². The highest BCUT2D eigenvalue weighted by molar-refractivity contribution is 7.14. The van der Waals surface area contributed by atoms with E-state index in [0.717, 1.165) is 16.8 Å². The summed E-state index contributed by atoms with van der Waals surface area (Å²) in [6, 6.07) is 13.1. The molecule has 0 bridgehead atoms. The lowest BCUT2D eigenvalue weighted by Gasteiger charge is -2.12. The van der Waals surface area contributed by atoms with E-state index in [4.69, 9.17) is 14.2 Å². The van der Waals surface area contributed by atoms with Crippen LogP contribution in [0.2, 0.25) is 0 Å². The fraction of sp³-hybridized carbons (Fsp3) is 0.292. The molecule has 32 heavy (non-hydrogen) atoms. The standard InChI is InChI=1S/C24H24N2O5S/c1-3-29-22(27)14-31-18-7-4-6-17(12-18)10-11-30-21-9-5-8-19-20(21)13-26(23(19)28)24-25-16(2)15-32-24/h4-9,12,15H,3,10-11,13-14H2,1-2H3. The fourth-order valence-corrected chi connectivity index (χ4v) is 4.27. The molecule has 1 aromatic heterocycles. The first kappa shape index (κ1) is 21.8. The van der Waals surface area contributed by atoms with Gasteiger partial charge < -0.3 is 14.2 Å². The number of rotatable bonds is 9. The predicted molar refractivity (Wildman–Crippen MR) is 122 cm³/mol. The Hall–Kier alpha value is -3.39. The van der Waals surface area contributed by atoms with Crippen molar-refractivity contribution in [3.05, 3.63) is 70.2 Å². The molecule has 4 rings (SSSR count). The number of fused-ring (bicyclic) bond motifs is 1. The van der Waals surface area contributed by atoms with E-state index in [1.807, 2.05) is 48.7 Å². The molecule has 0 atom stereocenters. The van der Waals surface area contributed by atoms with Gasteiger partial charge in [-0.25, -0.2) is 9.78 Å². The molecule has 1 aliphatic rings. The second kappa shape index (κ2) is 9.82. The molecule has 166 valence electrons. The Morgan fingerprint density at radius 1 is 1.19 bits per heavy atom. The van der Waals surface area contributed by atoms with Gasteiger partial charge in [0, 0.05) is 22.9 Å². The van der Waals surface area contributed by atoms with Crippen LogP contribution in [-0.2, 0) is 22.5 Å². The molecule has 0 saturated carbocycles. The molecule has 0 radical (unpaired) electrons. The van der Waals surface area contributed by atoms with E-state index in [-0.39, 0.29) is 12.5 Å². The van der Waals surface area contributed by atoms with Gasteiger partial charge >= 0.3 is 5.97 Å². The SMILES string of the molecule is CCOC(=O)COc1cccc(CCOc2cccc3c2CN(c2nc(C)cs2)C3=O)c1. The van der Waals surface area contributed by atoms with E-state index in [1.54, 1.807) is 17.9 Å². The van der Waals surface area contributed by atoms with Gasteiger partial charge in [-0.05, 0) is 43.7 Å². The van der Waals surface area contributed by atoms with Crippen molar-refractivity contribution in [1.82, 2.24) is 4.98 Å². The number of carbonyl (C=O) groups is 2. The lowest BCUT2D eigenvalue weighted by Crippen LogP contribution is -2.22. The van der Waals surface area contributed by atoms with Gasteiger partial charge in [-0.15, -0.1) is 11.3 Å². The zero-order valence-corrected chi connectivity index (χ0v) is 18.8. The maximum Gasteiger partial charge on any atom is 0.344 e. The van der Waals surface area contributed by atoms with Crippen LogP contribution in [-0.4, -0.2) is 36.7 Å². The summed E-state index contributed by atoms with van der Waals surface area (Å²) < 4.78 is 16.4. The molecule has 2 aromatic carbocycles. The summed E-state index contributed by atoms with van der Waals surface area (Å²) in [5, 5.41) is 2.64. The van der Waals surface area contributed by atoms with Gasteiger partial charge in [0.15, 0.2) is 11.7 Å². The average Bonchev–Trinajstić information content (AvgIpc) is 3.36. The molecule has 1 amide bonds. The highest BCUT2D eigenvalue weighted by Crippen LogP contribution is 2.35. The Morgan fingerprint density at radius 2 is 2.03 bits per heavy atom. The van der Waals surface area contributed by atoms with E-state index in [9.17, 15) is 9.59 Å². The largest absolute Gasteiger partial charge is 0.493 e. The van der Waals surface area contributed by atoms with E-state index >= 15 is 0 Å². The summed E-state index contributed by atoms with van der Waals surface area (Å²) in [5.41, 5.74) is 3.47. The van der Waals surface area contributed by atoms with Crippen molar-refractivity contribution in [2.45, 2.75) is 26.8 Å². The minimum Gasteiger partial charge on any atom is -0.493 e. The second-order valence-corrected chi connectivity index (χ2v) is 8.12. The molecule has 0 fully saturated rings. The van der Waals surface area contributed by atoms with Crippen LogP contribution in [0.4, 0.5) is 5.13 Å². The Balaban J connectivity index is 1.37. The number of aromatic nitrogens is 1. The normalized spacial score (nSPS) is 12.6. The smallest absolute Gasteiger partial charge is 0.344 e. The van der Waals surface area contributed by atoms with E-state index in [2.05, 4.69) is 4.98 Å². The zero-order valence-electron chi connectivity index (χ0n) is 18.0. The number of amides is 1. The highest BCUT2D eigenvalue weighted by Gasteiger charge is 2.32. The van der Waals surface area contributed by atoms with Crippen LogP contribution in [0.5, 0.6) is 11.5 Å². The molecular formula is C24H24N2O5S. The van der Waals surface area contributed by atoms with Crippen LogP contribution < -0.4 is 14.4 Å². The van der Waals surface area contributed by atoms with Crippen LogP contribution in [0.25, 0.3) is 0 Å². The fourth-order valence-electron chi connectivity index (χ4n) is 3.47. The lowest BCUT2D eigenvalue weighted by atomic mass is 10.1. The van der Waals surface area contributed by atoms with Crippen molar-refractivity contribution in [2.75, 3.05) is 24.7 Å². The number of benzene rings is 2. The maximum absolute atomic E-state index is 12.8. The van der Waals surface area contributed by atoms with Gasteiger partial charge in [0.2, 0.25) is 0 Å². The third-order valence-corrected chi connectivity index (χ3v) is 5.95. The van der Waals surface area contributed by atoms with Crippen LogP contribution in [0, 0.1) is 6.92 Å². The second-order valence-electron chi connectivity index (χ2n) is 7.28. The summed E-state index contributed by atoms with van der Waals surface area (Å²) in [4.78, 5) is 30.4. The summed E-state index contributed by atoms with van der Waals surface area (Å²) in [7, 11) is 0. The van der Waals surface area contributed by atoms with Crippen LogP contribution in [0.3, 0.4) is 0 Å². The lowest BCUT2D eigenvalue weighted by molar-refractivity contribution is -0.145. The summed E-state index contributed by atoms with van der Waals surface area (Å²) >= 11 is 1.46. The van der Waals surface area contributed by atoms with Gasteiger partial charge in [-0.2, -0.15) is 0 Å². The number of nitrogens with zero attached hydrogens (tertiary/aromatic N) is 2. The number of esters is 1. The Bertz CT molecular complexity index is 1130. The number of ether oxygens (including phenoxy) is 3. The van der Waals surface area contributed by atoms with Gasteiger partial charge in [-0.1, -0.05) is 18.2 Å². The molecule has 0 N–H and O–H groups in total. The van der Waals surface area contributed by atoms with E-state index < -0.39 is 5.97 Å². The zero-order chi connectivity index (χ0) is 22.5. The summed E-state index contributed by atoms with van der Waals surface area (Å²) in [6.07, 6.45) is 0.656. The molecular weight excluding hydrogens is 428 g/mol. The molecule has 0 spiro atoms. The van der Waals surface area contributed by atoms with Crippen LogP contribution in [0.1, 0.15) is 34.1 Å². The molecule has 7 nitrogen and oxygen atoms in total. The molecule has 1 aliphatic heterocycles. The number of carbonyl (C=O) groups excluding carboxylic acids is 2. The third kappa shape index (κ3) is 4.91. The van der Waals surface area contributed by atoms with Gasteiger partial charge in [0.1, 0.15) is 11.5 Å². The molecule has 3 aromatic rings. The maximum atomic E-state index is 12.8. The molecule has 0 unspecified atom stereocenters. The van der Waals surface area contributed by atoms with Crippen molar-refractivity contribution in [3.63, 3.8) is 0 Å². The molecule has 2 heterocycles. The van der Waals surface area contributed by atoms with E-state index in [0.29, 0.717) is 48.4 Å². The first-order chi connectivity index (χ1) is 15.5. The minimum absolute atomic E-state index is 0.0498. The van der Waals surface area contributed by atoms with Crippen LogP contribution >= 0.6 is 11.3 Å².